The van der Waals surface area contributed by atoms with Crippen LogP contribution in [0, 0.1) is 0 Å². The zero-order chi connectivity index (χ0) is 14.9. The first-order chi connectivity index (χ1) is 10.3. The molecule has 1 unspecified atom stereocenters. The average molecular weight is 285 g/mol. The Morgan fingerprint density at radius 1 is 1.19 bits per heavy atom. The van der Waals surface area contributed by atoms with Gasteiger partial charge in [-0.25, -0.2) is 0 Å². The minimum Gasteiger partial charge on any atom is -0.492 e. The van der Waals surface area contributed by atoms with E-state index in [1.165, 1.54) is 11.1 Å². The van der Waals surface area contributed by atoms with Gasteiger partial charge < -0.3 is 10.1 Å². The summed E-state index contributed by atoms with van der Waals surface area (Å²) in [5.74, 6) is 0.846. The van der Waals surface area contributed by atoms with E-state index >= 15 is 0 Å². The number of aromatic nitrogens is 2. The molecule has 2 heterocycles. The number of hydrogen-bond acceptors (Lipinski definition) is 4. The van der Waals surface area contributed by atoms with Gasteiger partial charge in [0.05, 0.1) is 12.8 Å². The van der Waals surface area contributed by atoms with Crippen LogP contribution in [0.2, 0.25) is 0 Å². The molecule has 2 rings (SSSR count). The van der Waals surface area contributed by atoms with Crippen LogP contribution in [-0.4, -0.2) is 23.6 Å². The number of rotatable bonds is 8. The molecule has 0 spiro atoms. The highest BCUT2D eigenvalue weighted by atomic mass is 16.5. The first-order valence-electron chi connectivity index (χ1n) is 7.47. The van der Waals surface area contributed by atoms with Crippen molar-refractivity contribution in [3.05, 3.63) is 54.1 Å². The lowest BCUT2D eigenvalue weighted by molar-refractivity contribution is 0.315. The van der Waals surface area contributed by atoms with E-state index in [1.807, 2.05) is 25.6 Å². The van der Waals surface area contributed by atoms with Crippen LogP contribution in [0.5, 0.6) is 5.75 Å². The molecule has 2 aromatic rings. The normalized spacial score (nSPS) is 12.1. The molecule has 1 atom stereocenters. The first-order valence-corrected chi connectivity index (χ1v) is 7.47. The monoisotopic (exact) mass is 285 g/mol. The van der Waals surface area contributed by atoms with Crippen LogP contribution >= 0.6 is 0 Å². The summed E-state index contributed by atoms with van der Waals surface area (Å²) >= 11 is 0. The number of nitrogens with one attached hydrogen (secondary N) is 1. The van der Waals surface area contributed by atoms with Gasteiger partial charge in [0, 0.05) is 24.6 Å². The SMILES string of the molecule is CCCOc1cncc(C(CCc2ccncc2)NC)c1. The first kappa shape index (κ1) is 15.4. The fraction of sp³-hybridized carbons (Fsp3) is 0.412. The predicted molar refractivity (Wildman–Crippen MR) is 84.4 cm³/mol. The molecule has 0 radical (unpaired) electrons. The summed E-state index contributed by atoms with van der Waals surface area (Å²) in [4.78, 5) is 8.34. The molecule has 0 aliphatic heterocycles. The molecule has 0 fully saturated rings. The second-order valence-corrected chi connectivity index (χ2v) is 5.04. The molecule has 0 bridgehead atoms. The van der Waals surface area contributed by atoms with Crippen molar-refractivity contribution in [2.75, 3.05) is 13.7 Å². The summed E-state index contributed by atoms with van der Waals surface area (Å²) in [5, 5.41) is 3.36. The van der Waals surface area contributed by atoms with Crippen LogP contribution in [0.15, 0.2) is 43.0 Å². The van der Waals surface area contributed by atoms with Crippen LogP contribution in [0.1, 0.15) is 36.9 Å². The molecule has 0 saturated carbocycles. The van der Waals surface area contributed by atoms with Gasteiger partial charge in [0.1, 0.15) is 5.75 Å². The van der Waals surface area contributed by atoms with Crippen LogP contribution in [0.4, 0.5) is 0 Å². The van der Waals surface area contributed by atoms with Gasteiger partial charge in [-0.05, 0) is 55.6 Å². The van der Waals surface area contributed by atoms with Crippen molar-refractivity contribution in [3.8, 4) is 5.75 Å². The van der Waals surface area contributed by atoms with E-state index in [0.717, 1.165) is 31.6 Å². The highest BCUT2D eigenvalue weighted by Crippen LogP contribution is 2.22. The number of nitrogens with zero attached hydrogens (tertiary/aromatic N) is 2. The van der Waals surface area contributed by atoms with Crippen molar-refractivity contribution in [2.24, 2.45) is 0 Å². The third kappa shape index (κ3) is 4.83. The second-order valence-electron chi connectivity index (χ2n) is 5.04. The third-order valence-corrected chi connectivity index (χ3v) is 3.43. The topological polar surface area (TPSA) is 47.0 Å². The number of ether oxygens (including phenoxy) is 1. The van der Waals surface area contributed by atoms with Crippen LogP contribution in [-0.2, 0) is 6.42 Å². The molecule has 112 valence electrons. The highest BCUT2D eigenvalue weighted by molar-refractivity contribution is 5.26. The van der Waals surface area contributed by atoms with Gasteiger partial charge >= 0.3 is 0 Å². The Balaban J connectivity index is 1.99. The van der Waals surface area contributed by atoms with Gasteiger partial charge in [-0.3, -0.25) is 9.97 Å². The van der Waals surface area contributed by atoms with E-state index in [0.29, 0.717) is 0 Å². The molecular weight excluding hydrogens is 262 g/mol. The molecule has 4 nitrogen and oxygen atoms in total. The number of aryl methyl sites for hydroxylation is 1. The fourth-order valence-corrected chi connectivity index (χ4v) is 2.26. The number of hydrogen-bond donors (Lipinski definition) is 1. The maximum Gasteiger partial charge on any atom is 0.137 e. The van der Waals surface area contributed by atoms with E-state index < -0.39 is 0 Å². The van der Waals surface area contributed by atoms with Crippen LogP contribution < -0.4 is 10.1 Å². The van der Waals surface area contributed by atoms with Crippen LogP contribution in [0.25, 0.3) is 0 Å². The van der Waals surface area contributed by atoms with Crippen molar-refractivity contribution in [2.45, 2.75) is 32.2 Å². The maximum atomic E-state index is 5.65. The Morgan fingerprint density at radius 3 is 2.71 bits per heavy atom. The van der Waals surface area contributed by atoms with Gasteiger partial charge in [0.2, 0.25) is 0 Å². The lowest BCUT2D eigenvalue weighted by Crippen LogP contribution is -2.17. The largest absolute Gasteiger partial charge is 0.492 e. The summed E-state index contributed by atoms with van der Waals surface area (Å²) in [6, 6.07) is 6.48. The van der Waals surface area contributed by atoms with Gasteiger partial charge in [-0.1, -0.05) is 6.92 Å². The molecule has 2 aromatic heterocycles. The second kappa shape index (κ2) is 8.37. The molecule has 21 heavy (non-hydrogen) atoms. The Bertz CT molecular complexity index is 531. The van der Waals surface area contributed by atoms with E-state index in [1.54, 1.807) is 6.20 Å². The summed E-state index contributed by atoms with van der Waals surface area (Å²) in [6.45, 7) is 2.83. The van der Waals surface area contributed by atoms with E-state index in [9.17, 15) is 0 Å². The minimum atomic E-state index is 0.274. The Labute approximate surface area is 126 Å². The summed E-state index contributed by atoms with van der Waals surface area (Å²) in [6.07, 6.45) is 10.4. The van der Waals surface area contributed by atoms with E-state index in [-0.39, 0.29) is 6.04 Å². The Hall–Kier alpha value is -1.94. The zero-order valence-electron chi connectivity index (χ0n) is 12.7. The lowest BCUT2D eigenvalue weighted by Gasteiger charge is -2.17. The maximum absolute atomic E-state index is 5.65. The van der Waals surface area contributed by atoms with Gasteiger partial charge in [-0.15, -0.1) is 0 Å². The molecule has 0 aliphatic rings. The molecular formula is C17H23N3O. The average Bonchev–Trinajstić information content (AvgIpc) is 2.55. The number of pyridine rings is 2. The summed E-state index contributed by atoms with van der Waals surface area (Å²) in [7, 11) is 1.98. The minimum absolute atomic E-state index is 0.274. The predicted octanol–water partition coefficient (Wildman–Crippen LogP) is 3.16. The standard InChI is InChI=1S/C17H23N3O/c1-3-10-21-16-11-15(12-20-13-16)17(18-2)5-4-14-6-8-19-9-7-14/h6-9,11-13,17-18H,3-5,10H2,1-2H3. The molecule has 0 aromatic carbocycles. The van der Waals surface area contributed by atoms with Crippen molar-refractivity contribution in [1.29, 1.82) is 0 Å². The Kier molecular flexibility index (Phi) is 6.16. The zero-order valence-corrected chi connectivity index (χ0v) is 12.7. The summed E-state index contributed by atoms with van der Waals surface area (Å²) < 4.78 is 5.65. The Morgan fingerprint density at radius 2 is 2.00 bits per heavy atom. The van der Waals surface area contributed by atoms with E-state index in [4.69, 9.17) is 4.74 Å². The van der Waals surface area contributed by atoms with Gasteiger partial charge in [0.15, 0.2) is 0 Å². The van der Waals surface area contributed by atoms with Crippen LogP contribution in [0.3, 0.4) is 0 Å². The fourth-order valence-electron chi connectivity index (χ4n) is 2.26. The smallest absolute Gasteiger partial charge is 0.137 e. The van der Waals surface area contributed by atoms with E-state index in [2.05, 4.69) is 40.4 Å². The van der Waals surface area contributed by atoms with Crippen molar-refractivity contribution in [3.63, 3.8) is 0 Å². The van der Waals surface area contributed by atoms with Crippen molar-refractivity contribution < 1.29 is 4.74 Å². The van der Waals surface area contributed by atoms with Crippen molar-refractivity contribution in [1.82, 2.24) is 15.3 Å². The third-order valence-electron chi connectivity index (χ3n) is 3.43. The summed E-state index contributed by atoms with van der Waals surface area (Å²) in [5.41, 5.74) is 2.47. The molecule has 1 N–H and O–H groups in total. The highest BCUT2D eigenvalue weighted by Gasteiger charge is 2.11. The van der Waals surface area contributed by atoms with Crippen molar-refractivity contribution >= 4 is 0 Å². The van der Waals surface area contributed by atoms with Gasteiger partial charge in [0.25, 0.3) is 0 Å². The molecule has 4 heteroatoms. The lowest BCUT2D eigenvalue weighted by atomic mass is 10.0. The quantitative estimate of drug-likeness (QED) is 0.809. The molecule has 0 amide bonds. The molecule has 0 aliphatic carbocycles. The molecule has 0 saturated heterocycles. The van der Waals surface area contributed by atoms with Gasteiger partial charge in [-0.2, -0.15) is 0 Å².